The molecule has 0 bridgehead atoms. The maximum Gasteiger partial charge on any atom is 0.325 e. The third kappa shape index (κ3) is 5.41. The lowest BCUT2D eigenvalue weighted by atomic mass is 10.0. The number of aliphatic hydroxyl groups excluding tert-OH is 1. The maximum absolute atomic E-state index is 14.7. The average molecular weight is 626 g/mol. The fourth-order valence-corrected chi connectivity index (χ4v) is 4.89. The number of hydrogen-bond acceptors (Lipinski definition) is 5. The van der Waals surface area contributed by atoms with Gasteiger partial charge in [-0.3, -0.25) is 9.69 Å². The largest absolute Gasteiger partial charge is 0.491 e. The normalized spacial score (nSPS) is 16.0. The Morgan fingerprint density at radius 2 is 1.84 bits per heavy atom. The van der Waals surface area contributed by atoms with Crippen molar-refractivity contribution < 1.29 is 23.8 Å². The van der Waals surface area contributed by atoms with Crippen LogP contribution in [0.5, 0.6) is 5.75 Å². The van der Waals surface area contributed by atoms with Crippen LogP contribution in [0.25, 0.3) is 11.3 Å². The second kappa shape index (κ2) is 11.3. The van der Waals surface area contributed by atoms with Gasteiger partial charge in [0.1, 0.15) is 36.1 Å². The van der Waals surface area contributed by atoms with Gasteiger partial charge in [0.15, 0.2) is 0 Å². The highest BCUT2D eigenvalue weighted by Gasteiger charge is 2.44. The zero-order valence-electron chi connectivity index (χ0n) is 20.1. The Morgan fingerprint density at radius 1 is 1.08 bits per heavy atom. The summed E-state index contributed by atoms with van der Waals surface area (Å²) in [5, 5.41) is 11.7. The van der Waals surface area contributed by atoms with E-state index in [-0.39, 0.29) is 13.2 Å². The fourth-order valence-electron chi connectivity index (χ4n) is 4.43. The highest BCUT2D eigenvalue weighted by molar-refractivity contribution is 14.1. The standard InChI is InChI=1S/C28H24FIN4O4/c29-22-15-19(30)8-11-21(22)23-16-31-26(32-23)24(14-17-4-2-1-3-5-17)34-27(36)25(33-28(34)37)18-6-9-20(10-7-18)38-13-12-35/h1-11,15-16,24-25,35H,12-14H2,(H,31,32)(H,33,37)/t24?,25-/m1/s1. The highest BCUT2D eigenvalue weighted by Crippen LogP contribution is 2.33. The van der Waals surface area contributed by atoms with Crippen molar-refractivity contribution in [2.75, 3.05) is 13.2 Å². The Bertz CT molecular complexity index is 1450. The molecule has 194 valence electrons. The molecule has 3 N–H and O–H groups in total. The zero-order chi connectivity index (χ0) is 26.6. The molecule has 2 heterocycles. The molecular weight excluding hydrogens is 602 g/mol. The third-order valence-electron chi connectivity index (χ3n) is 6.26. The first-order valence-electron chi connectivity index (χ1n) is 12.0. The first-order chi connectivity index (χ1) is 18.4. The lowest BCUT2D eigenvalue weighted by Gasteiger charge is -2.24. The number of hydrogen-bond donors (Lipinski definition) is 3. The van der Waals surface area contributed by atoms with Crippen molar-refractivity contribution in [2.24, 2.45) is 0 Å². The number of H-pyrrole nitrogens is 1. The van der Waals surface area contributed by atoms with Gasteiger partial charge in [-0.05, 0) is 64.0 Å². The van der Waals surface area contributed by atoms with Crippen LogP contribution in [0.2, 0.25) is 0 Å². The number of aliphatic hydroxyl groups is 1. The Labute approximate surface area is 232 Å². The van der Waals surface area contributed by atoms with Crippen molar-refractivity contribution in [1.29, 1.82) is 0 Å². The number of aromatic nitrogens is 2. The van der Waals surface area contributed by atoms with E-state index < -0.39 is 29.8 Å². The lowest BCUT2D eigenvalue weighted by Crippen LogP contribution is -2.36. The number of halogens is 2. The predicted octanol–water partition coefficient (Wildman–Crippen LogP) is 4.77. The van der Waals surface area contributed by atoms with Gasteiger partial charge in [0.2, 0.25) is 0 Å². The summed E-state index contributed by atoms with van der Waals surface area (Å²) in [6, 6.07) is 19.0. The molecule has 4 aromatic rings. The Balaban J connectivity index is 1.46. The van der Waals surface area contributed by atoms with Gasteiger partial charge in [-0.25, -0.2) is 14.2 Å². The summed E-state index contributed by atoms with van der Waals surface area (Å²) in [5.41, 5.74) is 2.31. The van der Waals surface area contributed by atoms with Crippen molar-refractivity contribution in [2.45, 2.75) is 18.5 Å². The van der Waals surface area contributed by atoms with Crippen molar-refractivity contribution in [1.82, 2.24) is 20.2 Å². The lowest BCUT2D eigenvalue weighted by molar-refractivity contribution is -0.129. The topological polar surface area (TPSA) is 108 Å². The summed E-state index contributed by atoms with van der Waals surface area (Å²) in [6.45, 7) is 0.0476. The first-order valence-corrected chi connectivity index (χ1v) is 13.0. The number of amides is 3. The molecule has 1 aromatic heterocycles. The number of carbonyl (C=O) groups is 2. The SMILES string of the molecule is O=C1N[C@H](c2ccc(OCCO)cc2)C(=O)N1C(Cc1ccccc1)c1ncc(-c2ccc(I)cc2F)[nH]1. The quantitative estimate of drug-likeness (QED) is 0.183. The van der Waals surface area contributed by atoms with E-state index in [2.05, 4.69) is 15.3 Å². The molecule has 10 heteroatoms. The predicted molar refractivity (Wildman–Crippen MR) is 147 cm³/mol. The summed E-state index contributed by atoms with van der Waals surface area (Å²) in [6.07, 6.45) is 1.84. The van der Waals surface area contributed by atoms with E-state index >= 15 is 0 Å². The second-order valence-corrected chi connectivity index (χ2v) is 9.99. The van der Waals surface area contributed by atoms with Gasteiger partial charge in [-0.2, -0.15) is 0 Å². The molecule has 3 amide bonds. The molecule has 5 rings (SSSR count). The number of aromatic amines is 1. The van der Waals surface area contributed by atoms with Crippen molar-refractivity contribution in [3.05, 3.63) is 105 Å². The molecule has 1 aliphatic heterocycles. The number of nitrogens with one attached hydrogen (secondary N) is 2. The molecular formula is C28H24FIN4O4. The molecule has 3 aromatic carbocycles. The second-order valence-electron chi connectivity index (χ2n) is 8.74. The fraction of sp³-hybridized carbons (Fsp3) is 0.179. The number of nitrogens with zero attached hydrogens (tertiary/aromatic N) is 2. The minimum absolute atomic E-state index is 0.110. The van der Waals surface area contributed by atoms with Crippen LogP contribution in [-0.2, 0) is 11.2 Å². The van der Waals surface area contributed by atoms with E-state index in [0.29, 0.717) is 34.8 Å². The van der Waals surface area contributed by atoms with Gasteiger partial charge < -0.3 is 20.1 Å². The minimum atomic E-state index is -0.879. The van der Waals surface area contributed by atoms with Gasteiger partial charge in [0, 0.05) is 15.6 Å². The molecule has 1 fully saturated rings. The Morgan fingerprint density at radius 3 is 2.55 bits per heavy atom. The molecule has 0 saturated carbocycles. The van der Waals surface area contributed by atoms with Gasteiger partial charge in [-0.15, -0.1) is 0 Å². The average Bonchev–Trinajstić information content (AvgIpc) is 3.51. The zero-order valence-corrected chi connectivity index (χ0v) is 22.3. The van der Waals surface area contributed by atoms with Gasteiger partial charge in [-0.1, -0.05) is 42.5 Å². The summed E-state index contributed by atoms with van der Waals surface area (Å²) in [5.74, 6) is 0.106. The van der Waals surface area contributed by atoms with E-state index in [1.165, 1.54) is 17.2 Å². The number of imide groups is 1. The molecule has 0 radical (unpaired) electrons. The van der Waals surface area contributed by atoms with Gasteiger partial charge in [0.25, 0.3) is 5.91 Å². The molecule has 0 spiro atoms. The van der Waals surface area contributed by atoms with Crippen LogP contribution in [0.15, 0.2) is 79.0 Å². The van der Waals surface area contributed by atoms with Crippen LogP contribution >= 0.6 is 22.6 Å². The van der Waals surface area contributed by atoms with E-state index in [1.54, 1.807) is 36.4 Å². The van der Waals surface area contributed by atoms with Crippen LogP contribution in [0.1, 0.15) is 29.0 Å². The Hall–Kier alpha value is -3.77. The summed E-state index contributed by atoms with van der Waals surface area (Å²) in [7, 11) is 0. The molecule has 38 heavy (non-hydrogen) atoms. The van der Waals surface area contributed by atoms with E-state index in [9.17, 15) is 14.0 Å². The molecule has 1 saturated heterocycles. The number of imidazole rings is 1. The molecule has 1 unspecified atom stereocenters. The number of carbonyl (C=O) groups excluding carboxylic acids is 2. The van der Waals surface area contributed by atoms with Crippen molar-refractivity contribution in [3.63, 3.8) is 0 Å². The van der Waals surface area contributed by atoms with Crippen LogP contribution in [0.4, 0.5) is 9.18 Å². The number of ether oxygens (including phenoxy) is 1. The Kier molecular flexibility index (Phi) is 7.70. The van der Waals surface area contributed by atoms with Crippen LogP contribution in [0.3, 0.4) is 0 Å². The van der Waals surface area contributed by atoms with Gasteiger partial charge >= 0.3 is 6.03 Å². The first kappa shape index (κ1) is 25.9. The smallest absolute Gasteiger partial charge is 0.325 e. The minimum Gasteiger partial charge on any atom is -0.491 e. The summed E-state index contributed by atoms with van der Waals surface area (Å²) in [4.78, 5) is 35.6. The number of urea groups is 1. The molecule has 0 aliphatic carbocycles. The van der Waals surface area contributed by atoms with Crippen molar-refractivity contribution >= 4 is 34.5 Å². The number of benzene rings is 3. The monoisotopic (exact) mass is 626 g/mol. The van der Waals surface area contributed by atoms with Crippen LogP contribution in [0, 0.1) is 9.39 Å². The van der Waals surface area contributed by atoms with E-state index in [1.807, 2.05) is 52.9 Å². The maximum atomic E-state index is 14.7. The number of rotatable bonds is 9. The third-order valence-corrected chi connectivity index (χ3v) is 6.93. The molecule has 1 aliphatic rings. The van der Waals surface area contributed by atoms with Crippen molar-refractivity contribution in [3.8, 4) is 17.0 Å². The molecule has 2 atom stereocenters. The van der Waals surface area contributed by atoms with E-state index in [0.717, 1.165) is 9.13 Å². The van der Waals surface area contributed by atoms with Gasteiger partial charge in [0.05, 0.1) is 18.5 Å². The highest BCUT2D eigenvalue weighted by atomic mass is 127. The van der Waals surface area contributed by atoms with E-state index in [4.69, 9.17) is 9.84 Å². The summed E-state index contributed by atoms with van der Waals surface area (Å²) >= 11 is 2.04. The van der Waals surface area contributed by atoms with Crippen LogP contribution < -0.4 is 10.1 Å². The summed E-state index contributed by atoms with van der Waals surface area (Å²) < 4.78 is 20.8. The molecule has 8 nitrogen and oxygen atoms in total. The van der Waals surface area contributed by atoms with Crippen LogP contribution in [-0.4, -0.2) is 45.1 Å².